The minimum absolute atomic E-state index is 0.350. The second-order valence-electron chi connectivity index (χ2n) is 3.60. The lowest BCUT2D eigenvalue weighted by molar-refractivity contribution is 0.475. The van der Waals surface area contributed by atoms with Crippen LogP contribution in [0, 0.1) is 5.92 Å². The number of phenolic OH excluding ortho intramolecular Hbond substituents is 1. The minimum Gasteiger partial charge on any atom is -0.508 e. The monoisotopic (exact) mass is 195 g/mol. The van der Waals surface area contributed by atoms with Gasteiger partial charge in [0.15, 0.2) is 0 Å². The molecule has 80 valence electrons. The molecule has 0 aliphatic carbocycles. The highest BCUT2D eigenvalue weighted by Crippen LogP contribution is 2.13. The number of aromatic hydroxyl groups is 1. The maximum atomic E-state index is 9.03. The zero-order valence-electron chi connectivity index (χ0n) is 9.33. The number of hydrogen-bond acceptors (Lipinski definition) is 2. The summed E-state index contributed by atoms with van der Waals surface area (Å²) in [7, 11) is 1.50. The highest BCUT2D eigenvalue weighted by molar-refractivity contribution is 5.25. The average Bonchev–Trinajstić information content (AvgIpc) is 2.20. The first kappa shape index (κ1) is 13.0. The maximum Gasteiger partial charge on any atom is 0.115 e. The van der Waals surface area contributed by atoms with E-state index in [1.165, 1.54) is 19.0 Å². The molecule has 1 aromatic rings. The van der Waals surface area contributed by atoms with Crippen LogP contribution in [-0.2, 0) is 6.42 Å². The Kier molecular flexibility index (Phi) is 6.85. The summed E-state index contributed by atoms with van der Waals surface area (Å²) in [6, 6.07) is 7.46. The van der Waals surface area contributed by atoms with E-state index in [2.05, 4.69) is 19.6 Å². The van der Waals surface area contributed by atoms with Gasteiger partial charge >= 0.3 is 0 Å². The Morgan fingerprint density at radius 3 is 2.07 bits per heavy atom. The fourth-order valence-corrected chi connectivity index (χ4v) is 1.12. The van der Waals surface area contributed by atoms with E-state index >= 15 is 0 Å². The van der Waals surface area contributed by atoms with E-state index in [4.69, 9.17) is 5.11 Å². The van der Waals surface area contributed by atoms with Gasteiger partial charge in [0.1, 0.15) is 5.75 Å². The molecule has 1 rings (SSSR count). The molecule has 2 heteroatoms. The van der Waals surface area contributed by atoms with Crippen LogP contribution in [0.2, 0.25) is 0 Å². The van der Waals surface area contributed by atoms with Gasteiger partial charge in [0.05, 0.1) is 0 Å². The summed E-state index contributed by atoms with van der Waals surface area (Å²) in [5, 5.41) is 9.03. The Balaban J connectivity index is 0.000000791. The molecule has 14 heavy (non-hydrogen) atoms. The molecule has 0 heterocycles. The molecule has 0 amide bonds. The maximum absolute atomic E-state index is 9.03. The van der Waals surface area contributed by atoms with Gasteiger partial charge in [-0.15, -0.1) is 0 Å². The molecule has 1 aromatic carbocycles. The predicted octanol–water partition coefficient (Wildman–Crippen LogP) is 2.56. The van der Waals surface area contributed by atoms with Crippen molar-refractivity contribution in [3.63, 3.8) is 0 Å². The summed E-state index contributed by atoms with van der Waals surface area (Å²) < 4.78 is 0. The van der Waals surface area contributed by atoms with E-state index in [0.29, 0.717) is 5.75 Å². The van der Waals surface area contributed by atoms with Gasteiger partial charge in [0.25, 0.3) is 0 Å². The molecule has 2 nitrogen and oxygen atoms in total. The Morgan fingerprint density at radius 2 is 1.64 bits per heavy atom. The normalized spacial score (nSPS) is 9.50. The van der Waals surface area contributed by atoms with Crippen LogP contribution in [0.4, 0.5) is 0 Å². The van der Waals surface area contributed by atoms with Crippen LogP contribution in [0.1, 0.15) is 25.8 Å². The first-order valence-corrected chi connectivity index (χ1v) is 5.04. The van der Waals surface area contributed by atoms with Gasteiger partial charge in [-0.1, -0.05) is 26.0 Å². The lowest BCUT2D eigenvalue weighted by atomic mass is 10.0. The standard InChI is InChI=1S/C11H16O.CH5N/c1-9(2)3-4-10-5-7-11(12)8-6-10;1-2/h5-9,12H,3-4H2,1-2H3;2H2,1H3. The van der Waals surface area contributed by atoms with Crippen molar-refractivity contribution in [2.24, 2.45) is 11.7 Å². The van der Waals surface area contributed by atoms with E-state index < -0.39 is 0 Å². The van der Waals surface area contributed by atoms with Crippen LogP contribution >= 0.6 is 0 Å². The van der Waals surface area contributed by atoms with Gasteiger partial charge in [-0.05, 0) is 43.5 Å². The number of benzene rings is 1. The summed E-state index contributed by atoms with van der Waals surface area (Å²) in [6.45, 7) is 4.45. The highest BCUT2D eigenvalue weighted by Gasteiger charge is 1.96. The van der Waals surface area contributed by atoms with Gasteiger partial charge in [-0.3, -0.25) is 0 Å². The number of hydrogen-bond donors (Lipinski definition) is 2. The SMILES string of the molecule is CC(C)CCc1ccc(O)cc1.CN. The molecule has 0 spiro atoms. The van der Waals surface area contributed by atoms with Gasteiger partial charge in [0.2, 0.25) is 0 Å². The molecule has 0 radical (unpaired) electrons. The van der Waals surface area contributed by atoms with Crippen LogP contribution in [0.5, 0.6) is 5.75 Å². The van der Waals surface area contributed by atoms with Gasteiger partial charge in [0, 0.05) is 0 Å². The van der Waals surface area contributed by atoms with Gasteiger partial charge in [-0.25, -0.2) is 0 Å². The van der Waals surface area contributed by atoms with Crippen molar-refractivity contribution in [1.82, 2.24) is 0 Å². The van der Waals surface area contributed by atoms with Crippen LogP contribution in [0.3, 0.4) is 0 Å². The molecule has 0 fully saturated rings. The van der Waals surface area contributed by atoms with Crippen molar-refractivity contribution in [3.8, 4) is 5.75 Å². The zero-order valence-corrected chi connectivity index (χ0v) is 9.33. The zero-order chi connectivity index (χ0) is 11.0. The summed E-state index contributed by atoms with van der Waals surface area (Å²) in [4.78, 5) is 0. The van der Waals surface area contributed by atoms with Crippen LogP contribution in [0.25, 0.3) is 0 Å². The van der Waals surface area contributed by atoms with Crippen molar-refractivity contribution in [2.45, 2.75) is 26.7 Å². The fourth-order valence-electron chi connectivity index (χ4n) is 1.12. The van der Waals surface area contributed by atoms with Crippen molar-refractivity contribution >= 4 is 0 Å². The second kappa shape index (κ2) is 7.39. The summed E-state index contributed by atoms with van der Waals surface area (Å²) in [5.74, 6) is 1.10. The number of nitrogens with two attached hydrogens (primary N) is 1. The van der Waals surface area contributed by atoms with Crippen LogP contribution < -0.4 is 5.73 Å². The van der Waals surface area contributed by atoms with E-state index in [1.807, 2.05) is 12.1 Å². The molecule has 0 bridgehead atoms. The fraction of sp³-hybridized carbons (Fsp3) is 0.500. The Hall–Kier alpha value is -1.02. The molecule has 0 atom stereocenters. The molecule has 0 saturated carbocycles. The number of phenols is 1. The van der Waals surface area contributed by atoms with E-state index in [1.54, 1.807) is 12.1 Å². The molecule has 0 aliphatic rings. The van der Waals surface area contributed by atoms with Crippen molar-refractivity contribution in [3.05, 3.63) is 29.8 Å². The number of rotatable bonds is 3. The minimum atomic E-state index is 0.350. The third-order valence-electron chi connectivity index (χ3n) is 1.95. The Morgan fingerprint density at radius 1 is 1.14 bits per heavy atom. The third-order valence-corrected chi connectivity index (χ3v) is 1.95. The lowest BCUT2D eigenvalue weighted by Gasteiger charge is -2.04. The van der Waals surface area contributed by atoms with E-state index in [-0.39, 0.29) is 0 Å². The van der Waals surface area contributed by atoms with Crippen molar-refractivity contribution in [1.29, 1.82) is 0 Å². The first-order chi connectivity index (χ1) is 6.68. The number of aryl methyl sites for hydroxylation is 1. The molecule has 3 N–H and O–H groups in total. The molecule has 0 unspecified atom stereocenters. The predicted molar refractivity (Wildman–Crippen MR) is 61.4 cm³/mol. The summed E-state index contributed by atoms with van der Waals surface area (Å²) in [5.41, 5.74) is 5.81. The molecular formula is C12H21NO. The topological polar surface area (TPSA) is 46.2 Å². The van der Waals surface area contributed by atoms with Crippen molar-refractivity contribution in [2.75, 3.05) is 7.05 Å². The Bertz CT molecular complexity index is 229. The summed E-state index contributed by atoms with van der Waals surface area (Å²) in [6.07, 6.45) is 2.32. The van der Waals surface area contributed by atoms with Gasteiger partial charge < -0.3 is 10.8 Å². The smallest absolute Gasteiger partial charge is 0.115 e. The molecule has 0 aliphatic heterocycles. The Labute approximate surface area is 86.8 Å². The van der Waals surface area contributed by atoms with E-state index in [0.717, 1.165) is 12.3 Å². The van der Waals surface area contributed by atoms with E-state index in [9.17, 15) is 0 Å². The molecule has 0 saturated heterocycles. The van der Waals surface area contributed by atoms with Crippen LogP contribution in [0.15, 0.2) is 24.3 Å². The third kappa shape index (κ3) is 5.60. The lowest BCUT2D eigenvalue weighted by Crippen LogP contribution is -1.91. The molecule has 0 aromatic heterocycles. The first-order valence-electron chi connectivity index (χ1n) is 5.04. The highest BCUT2D eigenvalue weighted by atomic mass is 16.3. The largest absolute Gasteiger partial charge is 0.508 e. The van der Waals surface area contributed by atoms with Crippen molar-refractivity contribution < 1.29 is 5.11 Å². The van der Waals surface area contributed by atoms with Crippen LogP contribution in [-0.4, -0.2) is 12.2 Å². The van der Waals surface area contributed by atoms with Gasteiger partial charge in [-0.2, -0.15) is 0 Å². The quantitative estimate of drug-likeness (QED) is 0.778. The summed E-state index contributed by atoms with van der Waals surface area (Å²) >= 11 is 0. The average molecular weight is 195 g/mol. The second-order valence-corrected chi connectivity index (χ2v) is 3.60. The molecular weight excluding hydrogens is 174 g/mol.